The number of esters is 2. The fraction of sp³-hybridized carbons (Fsp3) is 0.630. The van der Waals surface area contributed by atoms with Crippen molar-refractivity contribution >= 4 is 11.9 Å². The number of fused-ring (bicyclic) bond motifs is 1. The number of cyclic esters (lactones) is 2. The smallest absolute Gasteiger partial charge is 0.340 e. The van der Waals surface area contributed by atoms with Crippen LogP contribution in [-0.2, 0) is 19.1 Å². The third-order valence-electron chi connectivity index (χ3n) is 8.25. The molecule has 4 aliphatic carbocycles. The van der Waals surface area contributed by atoms with E-state index in [0.717, 1.165) is 98.9 Å². The van der Waals surface area contributed by atoms with E-state index in [1.807, 2.05) is 0 Å². The molecule has 172 valence electrons. The Kier molecular flexibility index (Phi) is 5.87. The van der Waals surface area contributed by atoms with Gasteiger partial charge in [0.2, 0.25) is 0 Å². The molecule has 0 radical (unpaired) electrons. The van der Waals surface area contributed by atoms with Gasteiger partial charge in [-0.2, -0.15) is 0 Å². The maximum atomic E-state index is 13.2. The van der Waals surface area contributed by atoms with Gasteiger partial charge in [0.1, 0.15) is 11.5 Å². The molecular formula is C27H34O5. The Morgan fingerprint density at radius 3 is 2.72 bits per heavy atom. The number of aliphatic hydroxyl groups is 1. The Morgan fingerprint density at radius 2 is 1.91 bits per heavy atom. The number of allylic oxidation sites excluding steroid dienone is 5. The van der Waals surface area contributed by atoms with Crippen LogP contribution >= 0.6 is 0 Å². The zero-order valence-corrected chi connectivity index (χ0v) is 19.0. The summed E-state index contributed by atoms with van der Waals surface area (Å²) in [7, 11) is 0. The number of carbonyl (C=O) groups excluding carboxylic acids is 2. The van der Waals surface area contributed by atoms with Crippen molar-refractivity contribution in [2.45, 2.75) is 77.6 Å². The Labute approximate surface area is 190 Å². The number of hydrogen-bond acceptors (Lipinski definition) is 5. The van der Waals surface area contributed by atoms with Gasteiger partial charge in [-0.05, 0) is 75.4 Å². The average molecular weight is 439 g/mol. The van der Waals surface area contributed by atoms with E-state index in [1.54, 1.807) is 0 Å². The number of aliphatic hydroxyl groups excluding tert-OH is 1. The van der Waals surface area contributed by atoms with Crippen LogP contribution in [-0.4, -0.2) is 23.7 Å². The number of unbranched alkanes of at least 4 members (excludes halogenated alkanes) is 5. The van der Waals surface area contributed by atoms with Crippen LogP contribution in [0, 0.1) is 23.2 Å². The van der Waals surface area contributed by atoms with Gasteiger partial charge in [-0.15, -0.1) is 0 Å². The number of ether oxygens (including phenoxy) is 2. The monoisotopic (exact) mass is 438 g/mol. The molecule has 4 atom stereocenters. The maximum absolute atomic E-state index is 13.2. The summed E-state index contributed by atoms with van der Waals surface area (Å²) in [6.07, 6.45) is 16.9. The highest BCUT2D eigenvalue weighted by molar-refractivity contribution is 5.99. The summed E-state index contributed by atoms with van der Waals surface area (Å²) in [4.78, 5) is 26.0. The van der Waals surface area contributed by atoms with E-state index in [1.165, 1.54) is 0 Å². The van der Waals surface area contributed by atoms with Crippen molar-refractivity contribution in [3.63, 3.8) is 0 Å². The molecule has 0 aromatic rings. The number of carbonyl (C=O) groups is 2. The first-order valence-corrected chi connectivity index (χ1v) is 12.5. The van der Waals surface area contributed by atoms with E-state index in [2.05, 4.69) is 25.2 Å². The van der Waals surface area contributed by atoms with Gasteiger partial charge in [0.25, 0.3) is 0 Å². The Morgan fingerprint density at radius 1 is 1.06 bits per heavy atom. The lowest BCUT2D eigenvalue weighted by Crippen LogP contribution is -2.50. The summed E-state index contributed by atoms with van der Waals surface area (Å²) in [6, 6.07) is 0. The second kappa shape index (κ2) is 8.66. The van der Waals surface area contributed by atoms with Crippen LogP contribution < -0.4 is 0 Å². The summed E-state index contributed by atoms with van der Waals surface area (Å²) >= 11 is 0. The second-order valence-corrected chi connectivity index (χ2v) is 9.96. The van der Waals surface area contributed by atoms with Crippen LogP contribution in [0.15, 0.2) is 46.5 Å². The first-order chi connectivity index (χ1) is 15.6. The van der Waals surface area contributed by atoms with E-state index in [4.69, 9.17) is 14.6 Å². The fourth-order valence-corrected chi connectivity index (χ4v) is 6.86. The van der Waals surface area contributed by atoms with E-state index >= 15 is 0 Å². The summed E-state index contributed by atoms with van der Waals surface area (Å²) in [5.74, 6) is 1.81. The summed E-state index contributed by atoms with van der Waals surface area (Å²) in [5, 5.41) is 8.93. The third-order valence-corrected chi connectivity index (χ3v) is 8.25. The third kappa shape index (κ3) is 3.23. The van der Waals surface area contributed by atoms with Crippen molar-refractivity contribution in [1.29, 1.82) is 0 Å². The quantitative estimate of drug-likeness (QED) is 0.413. The number of hydrogen-bond donors (Lipinski definition) is 1. The average Bonchev–Trinajstić information content (AvgIpc) is 3.29. The van der Waals surface area contributed by atoms with E-state index in [0.29, 0.717) is 11.8 Å². The van der Waals surface area contributed by atoms with Crippen molar-refractivity contribution in [3.05, 3.63) is 46.5 Å². The van der Waals surface area contributed by atoms with Crippen LogP contribution in [0.5, 0.6) is 0 Å². The molecule has 0 aromatic heterocycles. The van der Waals surface area contributed by atoms with E-state index in [9.17, 15) is 9.59 Å². The molecule has 5 nitrogen and oxygen atoms in total. The molecule has 0 aromatic carbocycles. The molecule has 5 heteroatoms. The molecule has 32 heavy (non-hydrogen) atoms. The standard InChI is InChI=1S/C27H34O5/c1-2-3-10-22-27-14-13-17(16-20(27)25(29)32-22)18-11-12-19-21(9-7-5-4-6-8-15-28)31-26(30)23(19)24(18)27/h9-10,16-18,24,28H,2-8,11-15H2,1H3. The number of rotatable bonds is 8. The van der Waals surface area contributed by atoms with Crippen LogP contribution in [0.2, 0.25) is 0 Å². The van der Waals surface area contributed by atoms with Crippen LogP contribution in [0.25, 0.3) is 0 Å². The zero-order chi connectivity index (χ0) is 22.3. The van der Waals surface area contributed by atoms with Gasteiger partial charge in [-0.3, -0.25) is 0 Å². The highest BCUT2D eigenvalue weighted by Crippen LogP contribution is 2.68. The molecule has 0 amide bonds. The lowest BCUT2D eigenvalue weighted by molar-refractivity contribution is -0.135. The Balaban J connectivity index is 1.48. The Bertz CT molecular complexity index is 936. The van der Waals surface area contributed by atoms with E-state index in [-0.39, 0.29) is 24.5 Å². The van der Waals surface area contributed by atoms with Crippen molar-refractivity contribution < 1.29 is 24.2 Å². The molecule has 1 saturated heterocycles. The minimum atomic E-state index is -0.481. The summed E-state index contributed by atoms with van der Waals surface area (Å²) in [5.41, 5.74) is 2.21. The Hall–Kier alpha value is -2.14. The molecule has 2 heterocycles. The molecular weight excluding hydrogens is 404 g/mol. The lowest BCUT2D eigenvalue weighted by atomic mass is 9.47. The molecule has 2 bridgehead atoms. The summed E-state index contributed by atoms with van der Waals surface area (Å²) in [6.45, 7) is 2.37. The lowest BCUT2D eigenvalue weighted by Gasteiger charge is -2.54. The molecule has 2 aliphatic heterocycles. The predicted octanol–water partition coefficient (Wildman–Crippen LogP) is 5.27. The molecule has 1 saturated carbocycles. The van der Waals surface area contributed by atoms with Gasteiger partial charge >= 0.3 is 11.9 Å². The van der Waals surface area contributed by atoms with Crippen LogP contribution in [0.3, 0.4) is 0 Å². The topological polar surface area (TPSA) is 72.8 Å². The van der Waals surface area contributed by atoms with Gasteiger partial charge in [0, 0.05) is 29.2 Å². The van der Waals surface area contributed by atoms with Gasteiger partial charge in [0.15, 0.2) is 0 Å². The highest BCUT2D eigenvalue weighted by Gasteiger charge is 2.66. The van der Waals surface area contributed by atoms with Gasteiger partial charge in [-0.25, -0.2) is 9.59 Å². The van der Waals surface area contributed by atoms with Gasteiger partial charge in [0.05, 0.1) is 5.41 Å². The minimum absolute atomic E-state index is 0.0116. The molecule has 6 rings (SSSR count). The van der Waals surface area contributed by atoms with Crippen molar-refractivity contribution in [3.8, 4) is 0 Å². The molecule has 2 fully saturated rings. The maximum Gasteiger partial charge on any atom is 0.340 e. The van der Waals surface area contributed by atoms with Crippen LogP contribution in [0.4, 0.5) is 0 Å². The highest BCUT2D eigenvalue weighted by atomic mass is 16.5. The van der Waals surface area contributed by atoms with Crippen molar-refractivity contribution in [1.82, 2.24) is 0 Å². The normalized spacial score (nSPS) is 35.1. The first-order valence-electron chi connectivity index (χ1n) is 12.5. The van der Waals surface area contributed by atoms with Gasteiger partial charge in [-0.1, -0.05) is 32.3 Å². The molecule has 1 N–H and O–H groups in total. The first kappa shape index (κ1) is 21.7. The van der Waals surface area contributed by atoms with Crippen molar-refractivity contribution in [2.75, 3.05) is 6.61 Å². The second-order valence-electron chi connectivity index (χ2n) is 9.96. The predicted molar refractivity (Wildman–Crippen MR) is 120 cm³/mol. The molecule has 4 unspecified atom stereocenters. The zero-order valence-electron chi connectivity index (χ0n) is 19.0. The molecule has 1 spiro atoms. The summed E-state index contributed by atoms with van der Waals surface area (Å²) < 4.78 is 11.7. The molecule has 6 aliphatic rings. The van der Waals surface area contributed by atoms with E-state index < -0.39 is 5.41 Å². The van der Waals surface area contributed by atoms with Gasteiger partial charge < -0.3 is 14.6 Å². The minimum Gasteiger partial charge on any atom is -0.427 e. The SMILES string of the molecule is CCCC=C1OC(=O)C2=CC3CCC12C1C2=C(CCC31)C(=CCCCCCCO)OC2=O. The van der Waals surface area contributed by atoms with Crippen molar-refractivity contribution in [2.24, 2.45) is 23.2 Å². The van der Waals surface area contributed by atoms with Crippen LogP contribution in [0.1, 0.15) is 77.6 Å². The fourth-order valence-electron chi connectivity index (χ4n) is 6.86. The largest absolute Gasteiger partial charge is 0.427 e.